The summed E-state index contributed by atoms with van der Waals surface area (Å²) in [6, 6.07) is 0.0883. The van der Waals surface area contributed by atoms with Crippen LogP contribution in [0.25, 0.3) is 10.2 Å². The summed E-state index contributed by atoms with van der Waals surface area (Å²) in [5, 5.41) is 8.11. The monoisotopic (exact) mass is 360 g/mol. The van der Waals surface area contributed by atoms with Crippen LogP contribution < -0.4 is 10.9 Å². The van der Waals surface area contributed by atoms with Gasteiger partial charge in [0.15, 0.2) is 5.82 Å². The summed E-state index contributed by atoms with van der Waals surface area (Å²) in [7, 11) is 2.05. The summed E-state index contributed by atoms with van der Waals surface area (Å²) in [4.78, 5) is 25.7. The minimum atomic E-state index is -0.0666. The number of hydrogen-bond acceptors (Lipinski definition) is 8. The van der Waals surface area contributed by atoms with Crippen LogP contribution in [0.2, 0.25) is 0 Å². The summed E-state index contributed by atoms with van der Waals surface area (Å²) in [6.45, 7) is 6.87. The maximum absolute atomic E-state index is 12.7. The largest absolute Gasteiger partial charge is 0.337 e. The minimum absolute atomic E-state index is 0.0666. The van der Waals surface area contributed by atoms with Gasteiger partial charge in [-0.25, -0.2) is 4.98 Å². The predicted molar refractivity (Wildman–Crippen MR) is 95.0 cm³/mol. The SMILES string of the molecule is Cc1sc2ncn(Cc3nc(C4CNCCN4C)no3)c(=O)c2c1C. The Kier molecular flexibility index (Phi) is 4.14. The summed E-state index contributed by atoms with van der Waals surface area (Å²) in [6.07, 6.45) is 1.55. The quantitative estimate of drug-likeness (QED) is 0.748. The minimum Gasteiger partial charge on any atom is -0.337 e. The van der Waals surface area contributed by atoms with Gasteiger partial charge < -0.3 is 9.84 Å². The van der Waals surface area contributed by atoms with Crippen LogP contribution in [0, 0.1) is 13.8 Å². The molecular weight excluding hydrogens is 340 g/mol. The van der Waals surface area contributed by atoms with Crippen LogP contribution in [0.1, 0.15) is 28.2 Å². The Bertz CT molecular complexity index is 975. The Morgan fingerprint density at radius 1 is 1.44 bits per heavy atom. The van der Waals surface area contributed by atoms with Crippen LogP contribution in [0.4, 0.5) is 0 Å². The molecule has 25 heavy (non-hydrogen) atoms. The van der Waals surface area contributed by atoms with Gasteiger partial charge in [0.25, 0.3) is 5.56 Å². The molecule has 1 N–H and O–H groups in total. The Hall–Kier alpha value is -2.10. The van der Waals surface area contributed by atoms with Gasteiger partial charge in [-0.15, -0.1) is 11.3 Å². The van der Waals surface area contributed by atoms with Crippen molar-refractivity contribution in [3.63, 3.8) is 0 Å². The van der Waals surface area contributed by atoms with E-state index in [0.717, 1.165) is 34.9 Å². The van der Waals surface area contributed by atoms with Gasteiger partial charge in [-0.1, -0.05) is 5.16 Å². The molecule has 4 rings (SSSR count). The van der Waals surface area contributed by atoms with Crippen molar-refractivity contribution in [1.29, 1.82) is 0 Å². The fourth-order valence-corrected chi connectivity index (χ4v) is 4.08. The first kappa shape index (κ1) is 16.4. The molecule has 132 valence electrons. The Labute approximate surface area is 148 Å². The number of aromatic nitrogens is 4. The average Bonchev–Trinajstić information content (AvgIpc) is 3.16. The molecular formula is C16H20N6O2S. The molecule has 1 unspecified atom stereocenters. The van der Waals surface area contributed by atoms with E-state index in [0.29, 0.717) is 17.1 Å². The third-order valence-corrected chi connectivity index (χ3v) is 5.87. The molecule has 4 heterocycles. The van der Waals surface area contributed by atoms with E-state index < -0.39 is 0 Å². The van der Waals surface area contributed by atoms with Crippen molar-refractivity contribution in [2.24, 2.45) is 0 Å². The number of nitrogens with one attached hydrogen (secondary N) is 1. The fraction of sp³-hybridized carbons (Fsp3) is 0.500. The first-order valence-corrected chi connectivity index (χ1v) is 9.05. The third-order valence-electron chi connectivity index (χ3n) is 4.75. The highest BCUT2D eigenvalue weighted by atomic mass is 32.1. The standard InChI is InChI=1S/C16H20N6O2S/c1-9-10(2)25-15-13(9)16(23)22(8-18-15)7-12-19-14(20-24-12)11-6-17-4-5-21(11)3/h8,11,17H,4-7H2,1-3H3. The van der Waals surface area contributed by atoms with E-state index in [2.05, 4.69) is 25.3 Å². The van der Waals surface area contributed by atoms with Crippen LogP contribution in [0.15, 0.2) is 15.6 Å². The molecule has 1 fully saturated rings. The van der Waals surface area contributed by atoms with Gasteiger partial charge in [-0.3, -0.25) is 14.3 Å². The number of hydrogen-bond donors (Lipinski definition) is 1. The number of fused-ring (bicyclic) bond motifs is 1. The van der Waals surface area contributed by atoms with Gasteiger partial charge in [0.1, 0.15) is 11.4 Å². The van der Waals surface area contributed by atoms with Gasteiger partial charge >= 0.3 is 0 Å². The molecule has 0 aromatic carbocycles. The molecule has 1 aliphatic heterocycles. The lowest BCUT2D eigenvalue weighted by atomic mass is 10.2. The smallest absolute Gasteiger partial charge is 0.262 e. The van der Waals surface area contributed by atoms with Crippen molar-refractivity contribution in [1.82, 2.24) is 29.9 Å². The Balaban J connectivity index is 1.63. The van der Waals surface area contributed by atoms with Gasteiger partial charge in [0.05, 0.1) is 17.8 Å². The van der Waals surface area contributed by atoms with Crippen LogP contribution in [0.3, 0.4) is 0 Å². The average molecular weight is 360 g/mol. The van der Waals surface area contributed by atoms with Crippen molar-refractivity contribution < 1.29 is 4.52 Å². The zero-order valence-corrected chi connectivity index (χ0v) is 15.3. The molecule has 3 aromatic heterocycles. The summed E-state index contributed by atoms with van der Waals surface area (Å²) < 4.78 is 6.90. The normalized spacial score (nSPS) is 18.9. The van der Waals surface area contributed by atoms with Crippen LogP contribution >= 0.6 is 11.3 Å². The van der Waals surface area contributed by atoms with Crippen molar-refractivity contribution in [3.8, 4) is 0 Å². The molecule has 3 aromatic rings. The lowest BCUT2D eigenvalue weighted by Crippen LogP contribution is -2.44. The molecule has 1 saturated heterocycles. The molecule has 1 atom stereocenters. The molecule has 0 aliphatic carbocycles. The van der Waals surface area contributed by atoms with Gasteiger partial charge in [0.2, 0.25) is 5.89 Å². The highest BCUT2D eigenvalue weighted by Gasteiger charge is 2.25. The van der Waals surface area contributed by atoms with Crippen molar-refractivity contribution in [2.45, 2.75) is 26.4 Å². The fourth-order valence-electron chi connectivity index (χ4n) is 3.09. The van der Waals surface area contributed by atoms with Gasteiger partial charge in [0, 0.05) is 24.5 Å². The van der Waals surface area contributed by atoms with Crippen molar-refractivity contribution >= 4 is 21.6 Å². The first-order chi connectivity index (χ1) is 12.0. The number of nitrogens with zero attached hydrogens (tertiary/aromatic N) is 5. The first-order valence-electron chi connectivity index (χ1n) is 8.23. The maximum atomic E-state index is 12.7. The van der Waals surface area contributed by atoms with Crippen molar-refractivity contribution in [3.05, 3.63) is 38.8 Å². The third kappa shape index (κ3) is 2.88. The summed E-state index contributed by atoms with van der Waals surface area (Å²) >= 11 is 1.54. The second kappa shape index (κ2) is 6.32. The van der Waals surface area contributed by atoms with E-state index in [1.165, 1.54) is 4.57 Å². The molecule has 1 aliphatic rings. The lowest BCUT2D eigenvalue weighted by molar-refractivity contribution is 0.190. The summed E-state index contributed by atoms with van der Waals surface area (Å²) in [5.41, 5.74) is 0.927. The molecule has 0 spiro atoms. The van der Waals surface area contributed by atoms with Gasteiger partial charge in [-0.05, 0) is 26.5 Å². The zero-order valence-electron chi connectivity index (χ0n) is 14.4. The molecule has 0 radical (unpaired) electrons. The number of likely N-dealkylation sites (N-methyl/N-ethyl adjacent to an activating group) is 1. The second-order valence-corrected chi connectivity index (χ2v) is 7.59. The van der Waals surface area contributed by atoms with Crippen LogP contribution in [0.5, 0.6) is 0 Å². The lowest BCUT2D eigenvalue weighted by Gasteiger charge is -2.30. The topological polar surface area (TPSA) is 89.1 Å². The van der Waals surface area contributed by atoms with Crippen molar-refractivity contribution in [2.75, 3.05) is 26.7 Å². The number of aryl methyl sites for hydroxylation is 2. The molecule has 0 saturated carbocycles. The zero-order chi connectivity index (χ0) is 17.6. The van der Waals surface area contributed by atoms with E-state index in [1.807, 2.05) is 20.9 Å². The number of rotatable bonds is 3. The molecule has 0 bridgehead atoms. The van der Waals surface area contributed by atoms with E-state index in [9.17, 15) is 4.79 Å². The highest BCUT2D eigenvalue weighted by molar-refractivity contribution is 7.18. The molecule has 9 heteroatoms. The Morgan fingerprint density at radius 2 is 2.28 bits per heavy atom. The van der Waals surface area contributed by atoms with Crippen LogP contribution in [-0.4, -0.2) is 51.3 Å². The number of piperazine rings is 1. The van der Waals surface area contributed by atoms with E-state index in [-0.39, 0.29) is 18.1 Å². The van der Waals surface area contributed by atoms with E-state index in [1.54, 1.807) is 17.7 Å². The van der Waals surface area contributed by atoms with E-state index >= 15 is 0 Å². The molecule has 0 amide bonds. The second-order valence-electron chi connectivity index (χ2n) is 6.39. The predicted octanol–water partition coefficient (Wildman–Crippen LogP) is 1.08. The molecule has 8 nitrogen and oxygen atoms in total. The van der Waals surface area contributed by atoms with Crippen LogP contribution in [-0.2, 0) is 6.54 Å². The Morgan fingerprint density at radius 3 is 3.08 bits per heavy atom. The highest BCUT2D eigenvalue weighted by Crippen LogP contribution is 2.25. The van der Waals surface area contributed by atoms with E-state index in [4.69, 9.17) is 4.52 Å². The number of thiophene rings is 1. The maximum Gasteiger partial charge on any atom is 0.262 e. The summed E-state index contributed by atoms with van der Waals surface area (Å²) in [5.74, 6) is 1.07. The van der Waals surface area contributed by atoms with Gasteiger partial charge in [-0.2, -0.15) is 4.98 Å².